The number of nitrogens with one attached hydrogen (secondary N) is 1. The third-order valence-corrected chi connectivity index (χ3v) is 3.73. The Bertz CT molecular complexity index is 334. The van der Waals surface area contributed by atoms with Crippen LogP contribution in [0.15, 0.2) is 0 Å². The van der Waals surface area contributed by atoms with E-state index in [9.17, 15) is 0 Å². The summed E-state index contributed by atoms with van der Waals surface area (Å²) in [6.45, 7) is 7.26. The molecular formula is C12H21N3OS. The molecule has 1 aliphatic heterocycles. The van der Waals surface area contributed by atoms with Gasteiger partial charge in [0.1, 0.15) is 5.82 Å². The van der Waals surface area contributed by atoms with Crippen molar-refractivity contribution in [3.05, 3.63) is 5.82 Å². The van der Waals surface area contributed by atoms with Gasteiger partial charge in [-0.1, -0.05) is 13.8 Å². The summed E-state index contributed by atoms with van der Waals surface area (Å²) in [5.41, 5.74) is 0. The number of piperidine rings is 1. The van der Waals surface area contributed by atoms with Crippen LogP contribution in [0.2, 0.25) is 0 Å². The monoisotopic (exact) mass is 255 g/mol. The highest BCUT2D eigenvalue weighted by molar-refractivity contribution is 7.07. The molecule has 1 N–H and O–H groups in total. The number of hydrogen-bond donors (Lipinski definition) is 1. The van der Waals surface area contributed by atoms with Gasteiger partial charge in [0.2, 0.25) is 0 Å². The van der Waals surface area contributed by atoms with E-state index < -0.39 is 0 Å². The summed E-state index contributed by atoms with van der Waals surface area (Å²) in [7, 11) is 0. The minimum absolute atomic E-state index is 0.381. The molecule has 1 aliphatic rings. The molecule has 2 heterocycles. The number of nitrogens with zero attached hydrogens (tertiary/aromatic N) is 2. The van der Waals surface area contributed by atoms with E-state index in [-0.39, 0.29) is 0 Å². The fourth-order valence-electron chi connectivity index (χ4n) is 2.00. The average molecular weight is 255 g/mol. The number of ether oxygens (including phenoxy) is 1. The van der Waals surface area contributed by atoms with Crippen molar-refractivity contribution in [3.8, 4) is 5.19 Å². The molecule has 17 heavy (non-hydrogen) atoms. The molecule has 5 heteroatoms. The van der Waals surface area contributed by atoms with E-state index >= 15 is 0 Å². The van der Waals surface area contributed by atoms with Gasteiger partial charge in [0, 0.05) is 17.5 Å². The molecule has 0 saturated carbocycles. The molecule has 1 fully saturated rings. The van der Waals surface area contributed by atoms with Crippen LogP contribution in [0.5, 0.6) is 5.19 Å². The third kappa shape index (κ3) is 3.92. The summed E-state index contributed by atoms with van der Waals surface area (Å²) in [6, 6.07) is 0. The normalized spacial score (nSPS) is 20.8. The molecule has 0 bridgehead atoms. The Morgan fingerprint density at radius 3 is 3.06 bits per heavy atom. The van der Waals surface area contributed by atoms with E-state index in [0.29, 0.717) is 5.92 Å². The summed E-state index contributed by atoms with van der Waals surface area (Å²) in [5.74, 6) is 2.04. The zero-order valence-corrected chi connectivity index (χ0v) is 11.4. The molecule has 4 nitrogen and oxygen atoms in total. The smallest absolute Gasteiger partial charge is 0.293 e. The standard InChI is InChI=1S/C12H21N3OS/c1-9(2)11-14-12(17-15-11)16-7-5-10-4-3-6-13-8-10/h9-10,13H,3-8H2,1-2H3. The van der Waals surface area contributed by atoms with Crippen molar-refractivity contribution < 1.29 is 4.74 Å². The fourth-order valence-corrected chi connectivity index (χ4v) is 2.69. The molecular weight excluding hydrogens is 234 g/mol. The van der Waals surface area contributed by atoms with Gasteiger partial charge in [-0.25, -0.2) is 0 Å². The third-order valence-electron chi connectivity index (χ3n) is 3.09. The number of rotatable bonds is 5. The van der Waals surface area contributed by atoms with Crippen molar-refractivity contribution in [1.29, 1.82) is 0 Å². The van der Waals surface area contributed by atoms with Crippen LogP contribution in [0.4, 0.5) is 0 Å². The van der Waals surface area contributed by atoms with E-state index in [1.807, 2.05) is 0 Å². The van der Waals surface area contributed by atoms with Gasteiger partial charge in [0.25, 0.3) is 5.19 Å². The van der Waals surface area contributed by atoms with E-state index in [1.165, 1.54) is 30.9 Å². The van der Waals surface area contributed by atoms with Crippen LogP contribution in [0.25, 0.3) is 0 Å². The molecule has 1 atom stereocenters. The lowest BCUT2D eigenvalue weighted by molar-refractivity contribution is 0.253. The Morgan fingerprint density at radius 2 is 2.41 bits per heavy atom. The average Bonchev–Trinajstić information content (AvgIpc) is 2.79. The summed E-state index contributed by atoms with van der Waals surface area (Å²) < 4.78 is 9.93. The van der Waals surface area contributed by atoms with Gasteiger partial charge < -0.3 is 10.1 Å². The van der Waals surface area contributed by atoms with Crippen LogP contribution in [-0.2, 0) is 0 Å². The van der Waals surface area contributed by atoms with E-state index in [2.05, 4.69) is 28.5 Å². The van der Waals surface area contributed by atoms with Crippen molar-refractivity contribution in [3.63, 3.8) is 0 Å². The van der Waals surface area contributed by atoms with Crippen LogP contribution < -0.4 is 10.1 Å². The lowest BCUT2D eigenvalue weighted by atomic mass is 9.97. The van der Waals surface area contributed by atoms with Crippen LogP contribution in [0.1, 0.15) is 44.9 Å². The Hall–Kier alpha value is -0.680. The molecule has 1 aromatic rings. The predicted molar refractivity (Wildman–Crippen MR) is 69.7 cm³/mol. The Balaban J connectivity index is 1.70. The Kier molecular flexibility index (Phi) is 4.74. The Labute approximate surface area is 107 Å². The minimum atomic E-state index is 0.381. The number of hydrogen-bond acceptors (Lipinski definition) is 5. The summed E-state index contributed by atoms with van der Waals surface area (Å²) in [6.07, 6.45) is 3.73. The first-order valence-corrected chi connectivity index (χ1v) is 7.20. The molecule has 0 radical (unpaired) electrons. The zero-order chi connectivity index (χ0) is 12.1. The molecule has 96 valence electrons. The molecule has 1 saturated heterocycles. The predicted octanol–water partition coefficient (Wildman–Crippen LogP) is 2.43. The highest BCUT2D eigenvalue weighted by Gasteiger charge is 2.13. The molecule has 0 spiro atoms. The van der Waals surface area contributed by atoms with Gasteiger partial charge in [-0.05, 0) is 38.3 Å². The van der Waals surface area contributed by atoms with Crippen LogP contribution >= 0.6 is 11.5 Å². The quantitative estimate of drug-likeness (QED) is 0.878. The van der Waals surface area contributed by atoms with Gasteiger partial charge in [0.05, 0.1) is 6.61 Å². The minimum Gasteiger partial charge on any atom is -0.469 e. The molecule has 0 aliphatic carbocycles. The van der Waals surface area contributed by atoms with Gasteiger partial charge in [0.15, 0.2) is 0 Å². The zero-order valence-electron chi connectivity index (χ0n) is 10.6. The van der Waals surface area contributed by atoms with Crippen molar-refractivity contribution in [2.45, 2.75) is 39.0 Å². The summed E-state index contributed by atoms with van der Waals surface area (Å²) >= 11 is 1.37. The van der Waals surface area contributed by atoms with Crippen molar-refractivity contribution in [1.82, 2.24) is 14.7 Å². The Morgan fingerprint density at radius 1 is 1.53 bits per heavy atom. The van der Waals surface area contributed by atoms with Crippen molar-refractivity contribution in [2.75, 3.05) is 19.7 Å². The maximum absolute atomic E-state index is 5.66. The maximum Gasteiger partial charge on any atom is 0.293 e. The van der Waals surface area contributed by atoms with Crippen LogP contribution in [-0.4, -0.2) is 29.1 Å². The lowest BCUT2D eigenvalue weighted by Gasteiger charge is -2.22. The molecule has 0 amide bonds. The first-order chi connectivity index (χ1) is 8.25. The van der Waals surface area contributed by atoms with Gasteiger partial charge in [-0.15, -0.1) is 0 Å². The van der Waals surface area contributed by atoms with Crippen LogP contribution in [0, 0.1) is 5.92 Å². The fraction of sp³-hybridized carbons (Fsp3) is 0.833. The van der Waals surface area contributed by atoms with Gasteiger partial charge in [-0.3, -0.25) is 0 Å². The molecule has 2 rings (SSSR count). The first kappa shape index (κ1) is 12.8. The second-order valence-corrected chi connectivity index (χ2v) is 5.64. The van der Waals surface area contributed by atoms with E-state index in [0.717, 1.165) is 36.5 Å². The second kappa shape index (κ2) is 6.31. The van der Waals surface area contributed by atoms with Crippen molar-refractivity contribution >= 4 is 11.5 Å². The highest BCUT2D eigenvalue weighted by Crippen LogP contribution is 2.20. The maximum atomic E-state index is 5.66. The van der Waals surface area contributed by atoms with E-state index in [1.54, 1.807) is 0 Å². The molecule has 1 unspecified atom stereocenters. The highest BCUT2D eigenvalue weighted by atomic mass is 32.1. The SMILES string of the molecule is CC(C)c1nsc(OCCC2CCCNC2)n1. The van der Waals surface area contributed by atoms with Gasteiger partial charge >= 0.3 is 0 Å². The second-order valence-electron chi connectivity index (χ2n) is 4.92. The number of aromatic nitrogens is 2. The molecule has 1 aromatic heterocycles. The van der Waals surface area contributed by atoms with Gasteiger partial charge in [-0.2, -0.15) is 9.36 Å². The summed E-state index contributed by atoms with van der Waals surface area (Å²) in [4.78, 5) is 4.36. The topological polar surface area (TPSA) is 47.0 Å². The lowest BCUT2D eigenvalue weighted by Crippen LogP contribution is -2.30. The largest absolute Gasteiger partial charge is 0.469 e. The first-order valence-electron chi connectivity index (χ1n) is 6.43. The van der Waals surface area contributed by atoms with Crippen LogP contribution in [0.3, 0.4) is 0 Å². The molecule has 0 aromatic carbocycles. The van der Waals surface area contributed by atoms with E-state index in [4.69, 9.17) is 4.74 Å². The summed E-state index contributed by atoms with van der Waals surface area (Å²) in [5, 5.41) is 4.14. The van der Waals surface area contributed by atoms with Crippen molar-refractivity contribution in [2.24, 2.45) is 5.92 Å².